The molecule has 1 aromatic carbocycles. The lowest BCUT2D eigenvalue weighted by molar-refractivity contribution is -0.119. The summed E-state index contributed by atoms with van der Waals surface area (Å²) in [6.07, 6.45) is 1.50. The van der Waals surface area contributed by atoms with Gasteiger partial charge in [0, 0.05) is 7.05 Å². The summed E-state index contributed by atoms with van der Waals surface area (Å²) in [5, 5.41) is 11.9. The van der Waals surface area contributed by atoms with Gasteiger partial charge in [0.05, 0.1) is 6.26 Å². The molecule has 0 spiro atoms. The molecule has 3 aromatic rings. The zero-order valence-electron chi connectivity index (χ0n) is 13.1. The second-order valence-electron chi connectivity index (χ2n) is 4.83. The van der Waals surface area contributed by atoms with Crippen LogP contribution >= 0.6 is 11.8 Å². The molecule has 0 saturated carbocycles. The average Bonchev–Trinajstić information content (AvgIpc) is 3.31. The van der Waals surface area contributed by atoms with E-state index in [0.717, 1.165) is 11.8 Å². The highest BCUT2D eigenvalue weighted by molar-refractivity contribution is 8.00. The van der Waals surface area contributed by atoms with Gasteiger partial charge in [-0.1, -0.05) is 30.3 Å². The largest absolute Gasteiger partial charge is 0.459 e. The predicted octanol–water partition coefficient (Wildman–Crippen LogP) is 2.62. The molecule has 8 nitrogen and oxygen atoms in total. The number of hydrogen-bond donors (Lipinski definition) is 2. The minimum Gasteiger partial charge on any atom is -0.459 e. The topological polar surface area (TPSA) is 110 Å². The molecule has 3 amide bonds. The number of urea groups is 1. The van der Waals surface area contributed by atoms with Crippen LogP contribution in [0.15, 0.2) is 62.8 Å². The van der Waals surface area contributed by atoms with Crippen molar-refractivity contribution in [3.63, 3.8) is 0 Å². The van der Waals surface area contributed by atoms with Gasteiger partial charge in [-0.05, 0) is 29.5 Å². The number of carbonyl (C=O) groups excluding carboxylic acids is 2. The van der Waals surface area contributed by atoms with E-state index in [9.17, 15) is 9.59 Å². The Morgan fingerprint density at radius 3 is 2.60 bits per heavy atom. The molecule has 0 fully saturated rings. The number of hydrogen-bond acceptors (Lipinski definition) is 7. The number of thioether (sulfide) groups is 1. The van der Waals surface area contributed by atoms with Crippen molar-refractivity contribution in [2.24, 2.45) is 0 Å². The molecule has 0 aliphatic heterocycles. The first-order chi connectivity index (χ1) is 12.2. The fourth-order valence-electron chi connectivity index (χ4n) is 2.00. The molecule has 0 radical (unpaired) electrons. The van der Waals surface area contributed by atoms with Crippen molar-refractivity contribution >= 4 is 23.7 Å². The smallest absolute Gasteiger partial charge is 0.321 e. The predicted molar refractivity (Wildman–Crippen MR) is 89.6 cm³/mol. The Labute approximate surface area is 147 Å². The van der Waals surface area contributed by atoms with E-state index in [1.807, 2.05) is 6.07 Å². The first-order valence-electron chi connectivity index (χ1n) is 7.29. The highest BCUT2D eigenvalue weighted by atomic mass is 32.2. The maximum absolute atomic E-state index is 12.5. The van der Waals surface area contributed by atoms with E-state index in [4.69, 9.17) is 8.83 Å². The molecule has 25 heavy (non-hydrogen) atoms. The number of nitrogens with one attached hydrogen (secondary N) is 2. The third-order valence-corrected chi connectivity index (χ3v) is 4.25. The van der Waals surface area contributed by atoms with Crippen LogP contribution in [0, 0.1) is 0 Å². The summed E-state index contributed by atoms with van der Waals surface area (Å²) < 4.78 is 10.7. The Bertz CT molecular complexity index is 848. The summed E-state index contributed by atoms with van der Waals surface area (Å²) in [5.41, 5.74) is 0.701. The van der Waals surface area contributed by atoms with Crippen molar-refractivity contribution in [1.29, 1.82) is 0 Å². The number of nitrogens with zero attached hydrogens (tertiary/aromatic N) is 2. The number of carbonyl (C=O) groups is 2. The number of furan rings is 1. The van der Waals surface area contributed by atoms with E-state index in [1.54, 1.807) is 36.4 Å². The molecule has 0 unspecified atom stereocenters. The Kier molecular flexibility index (Phi) is 5.14. The maximum atomic E-state index is 12.5. The standard InChI is InChI=1S/C16H14N4O4S/c1-17-15(22)18-13(21)12(10-6-3-2-4-7-10)25-16-20-19-14(24-16)11-8-5-9-23-11/h2-9,12H,1H3,(H2,17,18,21,22)/t12-/m1/s1. The third kappa shape index (κ3) is 4.07. The maximum Gasteiger partial charge on any atom is 0.321 e. The lowest BCUT2D eigenvalue weighted by Crippen LogP contribution is -2.39. The SMILES string of the molecule is CNC(=O)NC(=O)[C@H](Sc1nnc(-c2ccco2)o1)c1ccccc1. The second kappa shape index (κ2) is 7.67. The van der Waals surface area contributed by atoms with Gasteiger partial charge >= 0.3 is 6.03 Å². The van der Waals surface area contributed by atoms with Crippen LogP contribution in [-0.2, 0) is 4.79 Å². The lowest BCUT2D eigenvalue weighted by atomic mass is 10.1. The number of benzene rings is 1. The molecule has 2 N–H and O–H groups in total. The molecule has 0 bridgehead atoms. The van der Waals surface area contributed by atoms with Gasteiger partial charge < -0.3 is 14.2 Å². The van der Waals surface area contributed by atoms with Gasteiger partial charge in [-0.25, -0.2) is 4.79 Å². The van der Waals surface area contributed by atoms with Crippen molar-refractivity contribution in [3.8, 4) is 11.7 Å². The lowest BCUT2D eigenvalue weighted by Gasteiger charge is -2.14. The quantitative estimate of drug-likeness (QED) is 0.675. The van der Waals surface area contributed by atoms with E-state index < -0.39 is 17.2 Å². The Morgan fingerprint density at radius 1 is 1.12 bits per heavy atom. The molecule has 1 atom stereocenters. The summed E-state index contributed by atoms with van der Waals surface area (Å²) in [7, 11) is 1.43. The first kappa shape index (κ1) is 16.8. The normalized spacial score (nSPS) is 11.7. The van der Waals surface area contributed by atoms with E-state index in [0.29, 0.717) is 11.3 Å². The van der Waals surface area contributed by atoms with Crippen molar-refractivity contribution < 1.29 is 18.4 Å². The van der Waals surface area contributed by atoms with Gasteiger partial charge in [0.25, 0.3) is 11.1 Å². The third-order valence-electron chi connectivity index (χ3n) is 3.16. The molecule has 128 valence electrons. The Hall–Kier alpha value is -3.07. The Balaban J connectivity index is 1.82. The van der Waals surface area contributed by atoms with Crippen molar-refractivity contribution in [3.05, 3.63) is 54.3 Å². The van der Waals surface area contributed by atoms with Crippen LogP contribution in [0.2, 0.25) is 0 Å². The second-order valence-corrected chi connectivity index (χ2v) is 5.88. The molecule has 0 aliphatic rings. The van der Waals surface area contributed by atoms with E-state index >= 15 is 0 Å². The fraction of sp³-hybridized carbons (Fsp3) is 0.125. The Morgan fingerprint density at radius 2 is 1.92 bits per heavy atom. The molecule has 0 saturated heterocycles. The molecular weight excluding hydrogens is 344 g/mol. The van der Waals surface area contributed by atoms with Crippen LogP contribution in [0.25, 0.3) is 11.7 Å². The van der Waals surface area contributed by atoms with E-state index in [2.05, 4.69) is 20.8 Å². The van der Waals surface area contributed by atoms with Gasteiger partial charge in [-0.3, -0.25) is 10.1 Å². The number of imide groups is 1. The molecule has 3 rings (SSSR count). The molecular formula is C16H14N4O4S. The van der Waals surface area contributed by atoms with Crippen LogP contribution in [0.4, 0.5) is 4.79 Å². The fourth-order valence-corrected chi connectivity index (χ4v) is 2.87. The molecule has 2 aromatic heterocycles. The van der Waals surface area contributed by atoms with Crippen LogP contribution in [0.5, 0.6) is 0 Å². The number of rotatable bonds is 5. The van der Waals surface area contributed by atoms with Gasteiger partial charge in [-0.2, -0.15) is 0 Å². The number of aromatic nitrogens is 2. The zero-order chi connectivity index (χ0) is 17.6. The molecule has 9 heteroatoms. The van der Waals surface area contributed by atoms with Crippen molar-refractivity contribution in [2.45, 2.75) is 10.5 Å². The van der Waals surface area contributed by atoms with E-state index in [-0.39, 0.29) is 11.1 Å². The van der Waals surface area contributed by atoms with Crippen LogP contribution in [0.3, 0.4) is 0 Å². The van der Waals surface area contributed by atoms with E-state index in [1.165, 1.54) is 13.3 Å². The van der Waals surface area contributed by atoms with Crippen LogP contribution in [0.1, 0.15) is 10.8 Å². The summed E-state index contributed by atoms with van der Waals surface area (Å²) in [6.45, 7) is 0. The summed E-state index contributed by atoms with van der Waals surface area (Å²) in [5.74, 6) is 0.157. The summed E-state index contributed by atoms with van der Waals surface area (Å²) in [6, 6.07) is 11.8. The molecule has 0 aliphatic carbocycles. The van der Waals surface area contributed by atoms with Crippen molar-refractivity contribution in [2.75, 3.05) is 7.05 Å². The highest BCUT2D eigenvalue weighted by Gasteiger charge is 2.26. The summed E-state index contributed by atoms with van der Waals surface area (Å²) in [4.78, 5) is 23.9. The van der Waals surface area contributed by atoms with Gasteiger partial charge in [0.15, 0.2) is 5.76 Å². The average molecular weight is 358 g/mol. The van der Waals surface area contributed by atoms with Gasteiger partial charge in [0.1, 0.15) is 5.25 Å². The van der Waals surface area contributed by atoms with Crippen LogP contribution in [-0.4, -0.2) is 29.2 Å². The van der Waals surface area contributed by atoms with Crippen molar-refractivity contribution in [1.82, 2.24) is 20.8 Å². The zero-order valence-corrected chi connectivity index (χ0v) is 13.9. The first-order valence-corrected chi connectivity index (χ1v) is 8.17. The van der Waals surface area contributed by atoms with Gasteiger partial charge in [0.2, 0.25) is 5.91 Å². The number of amides is 3. The minimum absolute atomic E-state index is 0.187. The van der Waals surface area contributed by atoms with Crippen LogP contribution < -0.4 is 10.6 Å². The minimum atomic E-state index is -0.733. The molecule has 2 heterocycles. The monoisotopic (exact) mass is 358 g/mol. The highest BCUT2D eigenvalue weighted by Crippen LogP contribution is 2.35. The van der Waals surface area contributed by atoms with Gasteiger partial charge in [-0.15, -0.1) is 10.2 Å². The summed E-state index contributed by atoms with van der Waals surface area (Å²) >= 11 is 1.05.